The summed E-state index contributed by atoms with van der Waals surface area (Å²) in [6.07, 6.45) is 2.53. The van der Waals surface area contributed by atoms with E-state index in [0.29, 0.717) is 0 Å². The van der Waals surface area contributed by atoms with Gasteiger partial charge in [-0.2, -0.15) is 0 Å². The molecule has 0 spiro atoms. The first-order chi connectivity index (χ1) is 9.13. The number of nitrogens with zero attached hydrogens (tertiary/aromatic N) is 1. The zero-order valence-corrected chi connectivity index (χ0v) is 13.1. The molecule has 4 heteroatoms. The third-order valence-corrected chi connectivity index (χ3v) is 3.98. The summed E-state index contributed by atoms with van der Waals surface area (Å²) in [7, 11) is 0. The van der Waals surface area contributed by atoms with E-state index in [1.165, 1.54) is 12.8 Å². The monoisotopic (exact) mass is 296 g/mol. The Balaban J connectivity index is 0.00000200. The average molecular weight is 297 g/mol. The van der Waals surface area contributed by atoms with Crippen molar-refractivity contribution in [2.75, 3.05) is 13.1 Å². The first-order valence-corrected chi connectivity index (χ1v) is 7.22. The van der Waals surface area contributed by atoms with Crippen molar-refractivity contribution in [3.63, 3.8) is 0 Å². The molecule has 0 heterocycles. The normalized spacial score (nSPS) is 16.9. The van der Waals surface area contributed by atoms with E-state index in [-0.39, 0.29) is 30.3 Å². The van der Waals surface area contributed by atoms with Crippen LogP contribution in [0.5, 0.6) is 0 Å². The molecule has 1 aliphatic rings. The van der Waals surface area contributed by atoms with Gasteiger partial charge in [0.2, 0.25) is 5.91 Å². The summed E-state index contributed by atoms with van der Waals surface area (Å²) in [4.78, 5) is 14.5. The number of rotatable bonds is 6. The second-order valence-corrected chi connectivity index (χ2v) is 5.55. The number of halogens is 1. The van der Waals surface area contributed by atoms with Crippen LogP contribution in [0.2, 0.25) is 0 Å². The Labute approximate surface area is 127 Å². The van der Waals surface area contributed by atoms with Gasteiger partial charge in [-0.25, -0.2) is 0 Å². The van der Waals surface area contributed by atoms with Crippen LogP contribution in [0.25, 0.3) is 0 Å². The van der Waals surface area contributed by atoms with E-state index >= 15 is 0 Å². The highest BCUT2D eigenvalue weighted by Gasteiger charge is 2.30. The molecule has 2 N–H and O–H groups in total. The van der Waals surface area contributed by atoms with Gasteiger partial charge in [0.15, 0.2) is 0 Å². The summed E-state index contributed by atoms with van der Waals surface area (Å²) in [5.41, 5.74) is 7.26. The fourth-order valence-corrected chi connectivity index (χ4v) is 2.39. The maximum atomic E-state index is 12.5. The van der Waals surface area contributed by atoms with Crippen molar-refractivity contribution >= 4 is 18.3 Å². The summed E-state index contributed by atoms with van der Waals surface area (Å²) >= 11 is 0. The third kappa shape index (κ3) is 4.22. The molecule has 112 valence electrons. The smallest absolute Gasteiger partial charge is 0.227 e. The minimum Gasteiger partial charge on any atom is -0.342 e. The summed E-state index contributed by atoms with van der Waals surface area (Å²) < 4.78 is 0. The van der Waals surface area contributed by atoms with Gasteiger partial charge in [-0.3, -0.25) is 4.79 Å². The molecule has 1 aromatic carbocycles. The molecule has 0 bridgehead atoms. The van der Waals surface area contributed by atoms with Crippen molar-refractivity contribution in [1.29, 1.82) is 0 Å². The van der Waals surface area contributed by atoms with Gasteiger partial charge in [0.1, 0.15) is 0 Å². The number of hydrogen-bond acceptors (Lipinski definition) is 2. The number of carbonyl (C=O) groups excluding carboxylic acids is 1. The lowest BCUT2D eigenvalue weighted by Gasteiger charge is -2.27. The lowest BCUT2D eigenvalue weighted by Crippen LogP contribution is -2.40. The first-order valence-electron chi connectivity index (χ1n) is 7.22. The third-order valence-electron chi connectivity index (χ3n) is 3.98. The van der Waals surface area contributed by atoms with Gasteiger partial charge in [0, 0.05) is 19.1 Å². The molecule has 2 rings (SSSR count). The molecule has 3 nitrogen and oxygen atoms in total. The quantitative estimate of drug-likeness (QED) is 0.877. The summed E-state index contributed by atoms with van der Waals surface area (Å²) in [6, 6.07) is 9.66. The molecule has 0 saturated heterocycles. The Morgan fingerprint density at radius 1 is 1.35 bits per heavy atom. The highest BCUT2D eigenvalue weighted by molar-refractivity contribution is 5.85. The van der Waals surface area contributed by atoms with E-state index in [1.54, 1.807) is 0 Å². The van der Waals surface area contributed by atoms with Crippen molar-refractivity contribution < 1.29 is 4.79 Å². The van der Waals surface area contributed by atoms with Crippen LogP contribution >= 0.6 is 12.4 Å². The van der Waals surface area contributed by atoms with E-state index in [2.05, 4.69) is 0 Å². The van der Waals surface area contributed by atoms with Crippen LogP contribution in [0.3, 0.4) is 0 Å². The fraction of sp³-hybridized carbons (Fsp3) is 0.562. The first kappa shape index (κ1) is 17.0. The van der Waals surface area contributed by atoms with Crippen LogP contribution in [-0.4, -0.2) is 23.9 Å². The second kappa shape index (κ2) is 7.65. The van der Waals surface area contributed by atoms with Crippen molar-refractivity contribution in [2.24, 2.45) is 17.6 Å². The van der Waals surface area contributed by atoms with E-state index in [1.807, 2.05) is 49.1 Å². The van der Waals surface area contributed by atoms with Gasteiger partial charge in [-0.1, -0.05) is 37.3 Å². The molecule has 1 fully saturated rings. The molecular formula is C16H25ClN2O. The highest BCUT2D eigenvalue weighted by atomic mass is 35.5. The number of hydrogen-bond donors (Lipinski definition) is 1. The summed E-state index contributed by atoms with van der Waals surface area (Å²) in [5.74, 6) is 0.746. The highest BCUT2D eigenvalue weighted by Crippen LogP contribution is 2.30. The molecule has 0 aliphatic heterocycles. The Kier molecular flexibility index (Phi) is 6.50. The predicted octanol–water partition coefficient (Wildman–Crippen LogP) is 3.00. The van der Waals surface area contributed by atoms with Gasteiger partial charge in [0.25, 0.3) is 0 Å². The molecule has 0 radical (unpaired) electrons. The standard InChI is InChI=1S/C16H24N2O.ClH/c1-3-18(11-13-9-10-13)16(19)12(2)15(17)14-7-5-4-6-8-14;/h4-8,12-13,15H,3,9-11,17H2,1-2H3;1H. The zero-order chi connectivity index (χ0) is 13.8. The Morgan fingerprint density at radius 3 is 2.45 bits per heavy atom. The van der Waals surface area contributed by atoms with Gasteiger partial charge in [-0.15, -0.1) is 12.4 Å². The van der Waals surface area contributed by atoms with Crippen molar-refractivity contribution in [2.45, 2.75) is 32.7 Å². The Morgan fingerprint density at radius 2 is 1.95 bits per heavy atom. The average Bonchev–Trinajstić information content (AvgIpc) is 3.27. The van der Waals surface area contributed by atoms with E-state index < -0.39 is 0 Å². The Bertz CT molecular complexity index is 420. The lowest BCUT2D eigenvalue weighted by atomic mass is 9.94. The van der Waals surface area contributed by atoms with Crippen LogP contribution in [0.1, 0.15) is 38.3 Å². The van der Waals surface area contributed by atoms with Crippen molar-refractivity contribution in [3.05, 3.63) is 35.9 Å². The van der Waals surface area contributed by atoms with Crippen LogP contribution in [0.15, 0.2) is 30.3 Å². The number of nitrogens with two attached hydrogens (primary N) is 1. The van der Waals surface area contributed by atoms with Crippen molar-refractivity contribution in [3.8, 4) is 0 Å². The molecule has 1 amide bonds. The molecule has 0 aromatic heterocycles. The molecule has 1 aromatic rings. The summed E-state index contributed by atoms with van der Waals surface area (Å²) in [6.45, 7) is 5.67. The lowest BCUT2D eigenvalue weighted by molar-refractivity contribution is -0.135. The molecular weight excluding hydrogens is 272 g/mol. The molecule has 20 heavy (non-hydrogen) atoms. The molecule has 1 aliphatic carbocycles. The van der Waals surface area contributed by atoms with Gasteiger partial charge < -0.3 is 10.6 Å². The molecule has 2 unspecified atom stereocenters. The summed E-state index contributed by atoms with van der Waals surface area (Å²) in [5, 5.41) is 0. The topological polar surface area (TPSA) is 46.3 Å². The maximum absolute atomic E-state index is 12.5. The largest absolute Gasteiger partial charge is 0.342 e. The maximum Gasteiger partial charge on any atom is 0.227 e. The zero-order valence-electron chi connectivity index (χ0n) is 12.3. The Hall–Kier alpha value is -1.06. The van der Waals surface area contributed by atoms with Crippen LogP contribution < -0.4 is 5.73 Å². The second-order valence-electron chi connectivity index (χ2n) is 5.55. The van der Waals surface area contributed by atoms with Crippen molar-refractivity contribution in [1.82, 2.24) is 4.90 Å². The van der Waals surface area contributed by atoms with Crippen LogP contribution in [0, 0.1) is 11.8 Å². The van der Waals surface area contributed by atoms with E-state index in [9.17, 15) is 4.79 Å². The minimum absolute atomic E-state index is 0. The van der Waals surface area contributed by atoms with Gasteiger partial charge >= 0.3 is 0 Å². The van der Waals surface area contributed by atoms with E-state index in [0.717, 1.165) is 24.6 Å². The fourth-order valence-electron chi connectivity index (χ4n) is 2.39. The number of amides is 1. The van der Waals surface area contributed by atoms with E-state index in [4.69, 9.17) is 5.73 Å². The predicted molar refractivity (Wildman–Crippen MR) is 84.8 cm³/mol. The van der Waals surface area contributed by atoms with Gasteiger partial charge in [0.05, 0.1) is 5.92 Å². The van der Waals surface area contributed by atoms with Crippen LogP contribution in [-0.2, 0) is 4.79 Å². The van der Waals surface area contributed by atoms with Gasteiger partial charge in [-0.05, 0) is 31.2 Å². The number of carbonyl (C=O) groups is 1. The minimum atomic E-state index is -0.220. The SMILES string of the molecule is CCN(CC1CC1)C(=O)C(C)C(N)c1ccccc1.Cl. The van der Waals surface area contributed by atoms with Crippen LogP contribution in [0.4, 0.5) is 0 Å². The number of benzene rings is 1. The molecule has 2 atom stereocenters. The molecule has 1 saturated carbocycles.